The van der Waals surface area contributed by atoms with Gasteiger partial charge >= 0.3 is 0 Å². The number of carbonyl (C=O) groups is 1. The standard InChI is InChI=1S/C15H20BrNO2/c1-2-19-14-7-5-13(6-8-14)15(18)17-9-3-4-12(10-16)11-17/h5-8,12H,2-4,9-11H2,1H3. The van der Waals surface area contributed by atoms with Gasteiger partial charge in [-0.05, 0) is 49.9 Å². The average molecular weight is 326 g/mol. The van der Waals surface area contributed by atoms with Crippen LogP contribution >= 0.6 is 15.9 Å². The molecule has 1 fully saturated rings. The van der Waals surface area contributed by atoms with Gasteiger partial charge in [0.2, 0.25) is 0 Å². The number of carbonyl (C=O) groups excluding carboxylic acids is 1. The molecule has 19 heavy (non-hydrogen) atoms. The molecule has 3 nitrogen and oxygen atoms in total. The highest BCUT2D eigenvalue weighted by Crippen LogP contribution is 2.21. The zero-order valence-electron chi connectivity index (χ0n) is 11.3. The van der Waals surface area contributed by atoms with Gasteiger partial charge in [-0.3, -0.25) is 4.79 Å². The van der Waals surface area contributed by atoms with E-state index in [0.29, 0.717) is 12.5 Å². The third kappa shape index (κ3) is 3.72. The summed E-state index contributed by atoms with van der Waals surface area (Å²) in [5.41, 5.74) is 0.749. The van der Waals surface area contributed by atoms with Crippen LogP contribution in [0.25, 0.3) is 0 Å². The van der Waals surface area contributed by atoms with E-state index in [2.05, 4.69) is 15.9 Å². The maximum atomic E-state index is 12.4. The lowest BCUT2D eigenvalue weighted by atomic mass is 9.99. The van der Waals surface area contributed by atoms with Gasteiger partial charge in [0, 0.05) is 24.0 Å². The first-order valence-electron chi connectivity index (χ1n) is 6.82. The lowest BCUT2D eigenvalue weighted by Gasteiger charge is -2.32. The summed E-state index contributed by atoms with van der Waals surface area (Å²) in [5.74, 6) is 1.53. The molecule has 0 bridgehead atoms. The fourth-order valence-electron chi connectivity index (χ4n) is 2.42. The van der Waals surface area contributed by atoms with Gasteiger partial charge in [-0.2, -0.15) is 0 Å². The molecule has 0 aliphatic carbocycles. The Morgan fingerprint density at radius 1 is 1.42 bits per heavy atom. The van der Waals surface area contributed by atoms with Gasteiger partial charge in [-0.1, -0.05) is 15.9 Å². The molecule has 0 aromatic heterocycles. The second-order valence-electron chi connectivity index (χ2n) is 4.87. The zero-order valence-corrected chi connectivity index (χ0v) is 12.9. The van der Waals surface area contributed by atoms with Crippen molar-refractivity contribution in [2.75, 3.05) is 25.0 Å². The van der Waals surface area contributed by atoms with E-state index in [1.165, 1.54) is 6.42 Å². The van der Waals surface area contributed by atoms with Gasteiger partial charge in [-0.15, -0.1) is 0 Å². The Bertz CT molecular complexity index is 419. The fourth-order valence-corrected chi connectivity index (χ4v) is 2.95. The van der Waals surface area contributed by atoms with Gasteiger partial charge in [0.15, 0.2) is 0 Å². The van der Waals surface area contributed by atoms with Crippen LogP contribution in [-0.4, -0.2) is 35.8 Å². The van der Waals surface area contributed by atoms with Gasteiger partial charge in [-0.25, -0.2) is 0 Å². The summed E-state index contributed by atoms with van der Waals surface area (Å²) in [6.45, 7) is 4.33. The molecular formula is C15H20BrNO2. The van der Waals surface area contributed by atoms with Crippen LogP contribution in [0.4, 0.5) is 0 Å². The number of halogens is 1. The van der Waals surface area contributed by atoms with E-state index < -0.39 is 0 Å². The fraction of sp³-hybridized carbons (Fsp3) is 0.533. The second kappa shape index (κ2) is 6.94. The SMILES string of the molecule is CCOc1ccc(C(=O)N2CCCC(CBr)C2)cc1. The van der Waals surface area contributed by atoms with Gasteiger partial charge in [0.1, 0.15) is 5.75 Å². The van der Waals surface area contributed by atoms with E-state index in [1.807, 2.05) is 36.1 Å². The van der Waals surface area contributed by atoms with Crippen molar-refractivity contribution in [3.63, 3.8) is 0 Å². The molecule has 1 aliphatic heterocycles. The predicted molar refractivity (Wildman–Crippen MR) is 80.0 cm³/mol. The summed E-state index contributed by atoms with van der Waals surface area (Å²) in [7, 11) is 0. The number of ether oxygens (including phenoxy) is 1. The van der Waals surface area contributed by atoms with Crippen LogP contribution < -0.4 is 4.74 Å². The Morgan fingerprint density at radius 3 is 2.79 bits per heavy atom. The number of piperidine rings is 1. The molecule has 104 valence electrons. The smallest absolute Gasteiger partial charge is 0.253 e. The molecule has 1 unspecified atom stereocenters. The Hall–Kier alpha value is -1.03. The monoisotopic (exact) mass is 325 g/mol. The van der Waals surface area contributed by atoms with E-state index in [-0.39, 0.29) is 5.91 Å². The molecule has 1 atom stereocenters. The van der Waals surface area contributed by atoms with Crippen molar-refractivity contribution in [1.82, 2.24) is 4.90 Å². The number of amides is 1. The first kappa shape index (κ1) is 14.4. The Morgan fingerprint density at radius 2 is 2.16 bits per heavy atom. The Balaban J connectivity index is 2.02. The summed E-state index contributed by atoms with van der Waals surface area (Å²) in [4.78, 5) is 14.4. The normalized spacial score (nSPS) is 19.3. The Labute approximate surface area is 123 Å². The molecular weight excluding hydrogens is 306 g/mol. The number of rotatable bonds is 4. The number of nitrogens with zero attached hydrogens (tertiary/aromatic N) is 1. The minimum Gasteiger partial charge on any atom is -0.494 e. The van der Waals surface area contributed by atoms with E-state index in [4.69, 9.17) is 4.74 Å². The van der Waals surface area contributed by atoms with Crippen molar-refractivity contribution in [3.05, 3.63) is 29.8 Å². The van der Waals surface area contributed by atoms with E-state index in [9.17, 15) is 4.79 Å². The zero-order chi connectivity index (χ0) is 13.7. The first-order chi connectivity index (χ1) is 9.24. The lowest BCUT2D eigenvalue weighted by molar-refractivity contribution is 0.0686. The summed E-state index contributed by atoms with van der Waals surface area (Å²) in [6.07, 6.45) is 2.30. The third-order valence-electron chi connectivity index (χ3n) is 3.44. The molecule has 1 aliphatic rings. The maximum Gasteiger partial charge on any atom is 0.253 e. The van der Waals surface area contributed by atoms with E-state index in [0.717, 1.165) is 36.2 Å². The summed E-state index contributed by atoms with van der Waals surface area (Å²) in [6, 6.07) is 7.43. The number of hydrogen-bond acceptors (Lipinski definition) is 2. The minimum atomic E-state index is 0.133. The average Bonchev–Trinajstić information content (AvgIpc) is 2.48. The molecule has 1 aromatic carbocycles. The molecule has 0 saturated carbocycles. The molecule has 2 rings (SSSR count). The highest BCUT2D eigenvalue weighted by Gasteiger charge is 2.23. The number of benzene rings is 1. The summed E-state index contributed by atoms with van der Waals surface area (Å²) < 4.78 is 5.39. The highest BCUT2D eigenvalue weighted by molar-refractivity contribution is 9.09. The van der Waals surface area contributed by atoms with Crippen molar-refractivity contribution < 1.29 is 9.53 Å². The van der Waals surface area contributed by atoms with Gasteiger partial charge < -0.3 is 9.64 Å². The minimum absolute atomic E-state index is 0.133. The van der Waals surface area contributed by atoms with Crippen LogP contribution in [0, 0.1) is 5.92 Å². The second-order valence-corrected chi connectivity index (χ2v) is 5.52. The van der Waals surface area contributed by atoms with Crippen LogP contribution in [0.5, 0.6) is 5.75 Å². The quantitative estimate of drug-likeness (QED) is 0.795. The third-order valence-corrected chi connectivity index (χ3v) is 4.35. The van der Waals surface area contributed by atoms with E-state index >= 15 is 0 Å². The number of alkyl halides is 1. The number of likely N-dealkylation sites (tertiary alicyclic amines) is 1. The first-order valence-corrected chi connectivity index (χ1v) is 7.94. The van der Waals surface area contributed by atoms with Crippen molar-refractivity contribution in [1.29, 1.82) is 0 Å². The predicted octanol–water partition coefficient (Wildman–Crippen LogP) is 3.33. The topological polar surface area (TPSA) is 29.5 Å². The van der Waals surface area contributed by atoms with Crippen molar-refractivity contribution in [3.8, 4) is 5.75 Å². The van der Waals surface area contributed by atoms with Crippen molar-refractivity contribution >= 4 is 21.8 Å². The Kier molecular flexibility index (Phi) is 5.25. The molecule has 1 saturated heterocycles. The molecule has 4 heteroatoms. The number of hydrogen-bond donors (Lipinski definition) is 0. The molecule has 1 aromatic rings. The molecule has 1 amide bonds. The summed E-state index contributed by atoms with van der Waals surface area (Å²) >= 11 is 3.52. The molecule has 0 spiro atoms. The van der Waals surface area contributed by atoms with Crippen molar-refractivity contribution in [2.24, 2.45) is 5.92 Å². The molecule has 0 N–H and O–H groups in total. The highest BCUT2D eigenvalue weighted by atomic mass is 79.9. The molecule has 0 radical (unpaired) electrons. The van der Waals surface area contributed by atoms with Crippen molar-refractivity contribution in [2.45, 2.75) is 19.8 Å². The summed E-state index contributed by atoms with van der Waals surface area (Å²) in [5, 5.41) is 0.972. The van der Waals surface area contributed by atoms with Gasteiger partial charge in [0.05, 0.1) is 6.61 Å². The lowest BCUT2D eigenvalue weighted by Crippen LogP contribution is -2.40. The van der Waals surface area contributed by atoms with Crippen LogP contribution in [0.3, 0.4) is 0 Å². The van der Waals surface area contributed by atoms with Gasteiger partial charge in [0.25, 0.3) is 5.91 Å². The van der Waals surface area contributed by atoms with Crippen LogP contribution in [0.1, 0.15) is 30.1 Å². The van der Waals surface area contributed by atoms with Crippen LogP contribution in [0.2, 0.25) is 0 Å². The maximum absolute atomic E-state index is 12.4. The molecule has 1 heterocycles. The van der Waals surface area contributed by atoms with Crippen LogP contribution in [-0.2, 0) is 0 Å². The van der Waals surface area contributed by atoms with Crippen LogP contribution in [0.15, 0.2) is 24.3 Å². The largest absolute Gasteiger partial charge is 0.494 e. The van der Waals surface area contributed by atoms with E-state index in [1.54, 1.807) is 0 Å².